The number of likely N-dealkylation sites (tertiary alicyclic amines) is 1. The number of nitrogens with zero attached hydrogens (tertiary/aromatic N) is 1. The lowest BCUT2D eigenvalue weighted by atomic mass is 10.1. The van der Waals surface area contributed by atoms with Crippen molar-refractivity contribution < 1.29 is 13.2 Å². The van der Waals surface area contributed by atoms with Crippen LogP contribution >= 0.6 is 12.4 Å². The number of hydrogen-bond acceptors (Lipinski definition) is 2. The molecule has 1 aromatic carbocycles. The van der Waals surface area contributed by atoms with Crippen LogP contribution in [-0.4, -0.2) is 24.0 Å². The van der Waals surface area contributed by atoms with Crippen molar-refractivity contribution in [2.24, 2.45) is 11.7 Å². The van der Waals surface area contributed by atoms with E-state index in [1.165, 1.54) is 0 Å². The molecular weight excluding hydrogens is 277 g/mol. The second-order valence-electron chi connectivity index (χ2n) is 4.97. The first-order valence-electron chi connectivity index (χ1n) is 6.08. The van der Waals surface area contributed by atoms with Gasteiger partial charge >= 0.3 is 0 Å². The van der Waals surface area contributed by atoms with E-state index in [1.807, 2.05) is 11.8 Å². The standard InChI is InChI=1S/C13H17F3N2.ClH/c1-8-2-9(5-17)6-18(8)7-10-3-12(15)13(16)4-11(10)14;/h3-4,8-9H,2,5-7,17H2,1H3;1H. The molecule has 0 bridgehead atoms. The maximum Gasteiger partial charge on any atom is 0.161 e. The fourth-order valence-electron chi connectivity index (χ4n) is 2.51. The van der Waals surface area contributed by atoms with Crippen LogP contribution in [0.2, 0.25) is 0 Å². The maximum absolute atomic E-state index is 13.5. The lowest BCUT2D eigenvalue weighted by molar-refractivity contribution is 0.251. The van der Waals surface area contributed by atoms with Crippen LogP contribution in [0.1, 0.15) is 18.9 Å². The van der Waals surface area contributed by atoms with Gasteiger partial charge in [0.2, 0.25) is 0 Å². The zero-order valence-corrected chi connectivity index (χ0v) is 11.5. The van der Waals surface area contributed by atoms with Gasteiger partial charge in [-0.3, -0.25) is 4.90 Å². The third-order valence-corrected chi connectivity index (χ3v) is 3.59. The third kappa shape index (κ3) is 3.61. The van der Waals surface area contributed by atoms with Gasteiger partial charge in [0.25, 0.3) is 0 Å². The molecule has 0 spiro atoms. The van der Waals surface area contributed by atoms with Crippen LogP contribution in [0.5, 0.6) is 0 Å². The topological polar surface area (TPSA) is 29.3 Å². The van der Waals surface area contributed by atoms with Crippen LogP contribution in [0.15, 0.2) is 12.1 Å². The summed E-state index contributed by atoms with van der Waals surface area (Å²) in [7, 11) is 0. The third-order valence-electron chi connectivity index (χ3n) is 3.59. The van der Waals surface area contributed by atoms with Crippen molar-refractivity contribution in [3.8, 4) is 0 Å². The number of halogens is 4. The highest BCUT2D eigenvalue weighted by molar-refractivity contribution is 5.85. The summed E-state index contributed by atoms with van der Waals surface area (Å²) in [5.41, 5.74) is 5.81. The van der Waals surface area contributed by atoms with Gasteiger partial charge in [0, 0.05) is 30.8 Å². The quantitative estimate of drug-likeness (QED) is 0.869. The second kappa shape index (κ2) is 6.59. The summed E-state index contributed by atoms with van der Waals surface area (Å²) in [6, 6.07) is 1.82. The summed E-state index contributed by atoms with van der Waals surface area (Å²) in [5.74, 6) is -2.45. The summed E-state index contributed by atoms with van der Waals surface area (Å²) in [6.07, 6.45) is 0.960. The molecule has 1 aliphatic rings. The highest BCUT2D eigenvalue weighted by Gasteiger charge is 2.28. The normalized spacial score (nSPS) is 23.4. The largest absolute Gasteiger partial charge is 0.330 e. The van der Waals surface area contributed by atoms with Crippen LogP contribution in [0, 0.1) is 23.4 Å². The summed E-state index contributed by atoms with van der Waals surface area (Å²) in [6.45, 7) is 3.70. The number of benzene rings is 1. The molecular formula is C13H18ClF3N2. The molecule has 6 heteroatoms. The molecule has 1 fully saturated rings. The van der Waals surface area contributed by atoms with E-state index in [4.69, 9.17) is 5.73 Å². The average molecular weight is 295 g/mol. The SMILES string of the molecule is CC1CC(CN)CN1Cc1cc(F)c(F)cc1F.Cl. The Morgan fingerprint density at radius 3 is 2.42 bits per heavy atom. The first kappa shape index (κ1) is 16.3. The highest BCUT2D eigenvalue weighted by Crippen LogP contribution is 2.25. The fourth-order valence-corrected chi connectivity index (χ4v) is 2.51. The molecule has 2 nitrogen and oxygen atoms in total. The molecule has 0 aromatic heterocycles. The Hall–Kier alpha value is -0.780. The molecule has 0 saturated carbocycles. The van der Waals surface area contributed by atoms with Crippen molar-refractivity contribution in [3.05, 3.63) is 35.1 Å². The van der Waals surface area contributed by atoms with Gasteiger partial charge in [0.15, 0.2) is 11.6 Å². The second-order valence-corrected chi connectivity index (χ2v) is 4.97. The van der Waals surface area contributed by atoms with Crippen LogP contribution in [-0.2, 0) is 6.54 Å². The first-order chi connectivity index (χ1) is 8.51. The molecule has 1 saturated heterocycles. The molecule has 1 aliphatic heterocycles. The van der Waals surface area contributed by atoms with Gasteiger partial charge in [-0.05, 0) is 31.9 Å². The summed E-state index contributed by atoms with van der Waals surface area (Å²) < 4.78 is 39.4. The Bertz CT molecular complexity index is 442. The average Bonchev–Trinajstić information content (AvgIpc) is 2.67. The Morgan fingerprint density at radius 1 is 1.21 bits per heavy atom. The van der Waals surface area contributed by atoms with Crippen molar-refractivity contribution >= 4 is 12.4 Å². The van der Waals surface area contributed by atoms with Gasteiger partial charge in [-0.2, -0.15) is 0 Å². The Kier molecular flexibility index (Phi) is 5.64. The van der Waals surface area contributed by atoms with E-state index in [1.54, 1.807) is 0 Å². The minimum Gasteiger partial charge on any atom is -0.330 e. The zero-order valence-electron chi connectivity index (χ0n) is 10.7. The molecule has 1 heterocycles. The predicted molar refractivity (Wildman–Crippen MR) is 70.6 cm³/mol. The summed E-state index contributed by atoms with van der Waals surface area (Å²) in [5, 5.41) is 0. The van der Waals surface area contributed by atoms with Crippen LogP contribution in [0.4, 0.5) is 13.2 Å². The van der Waals surface area contributed by atoms with Crippen molar-refractivity contribution in [1.82, 2.24) is 4.90 Å². The fraction of sp³-hybridized carbons (Fsp3) is 0.538. The molecule has 1 aromatic rings. The maximum atomic E-state index is 13.5. The molecule has 0 aliphatic carbocycles. The van der Waals surface area contributed by atoms with Crippen LogP contribution < -0.4 is 5.73 Å². The first-order valence-corrected chi connectivity index (χ1v) is 6.08. The smallest absolute Gasteiger partial charge is 0.161 e. The molecule has 2 N–H and O–H groups in total. The predicted octanol–water partition coefficient (Wildman–Crippen LogP) is 2.69. The molecule has 2 atom stereocenters. The number of nitrogens with two attached hydrogens (primary N) is 1. The molecule has 2 unspecified atom stereocenters. The highest BCUT2D eigenvalue weighted by atomic mass is 35.5. The van der Waals surface area contributed by atoms with Crippen LogP contribution in [0.3, 0.4) is 0 Å². The molecule has 19 heavy (non-hydrogen) atoms. The Morgan fingerprint density at radius 2 is 1.84 bits per heavy atom. The number of rotatable bonds is 3. The van der Waals surface area contributed by atoms with E-state index in [-0.39, 0.29) is 24.0 Å². The Labute approximate surface area is 117 Å². The van der Waals surface area contributed by atoms with E-state index < -0.39 is 17.5 Å². The van der Waals surface area contributed by atoms with E-state index in [9.17, 15) is 13.2 Å². The van der Waals surface area contributed by atoms with Crippen molar-refractivity contribution in [1.29, 1.82) is 0 Å². The van der Waals surface area contributed by atoms with Crippen molar-refractivity contribution in [2.75, 3.05) is 13.1 Å². The lowest BCUT2D eigenvalue weighted by Crippen LogP contribution is -2.27. The lowest BCUT2D eigenvalue weighted by Gasteiger charge is -2.21. The van der Waals surface area contributed by atoms with Crippen molar-refractivity contribution in [3.63, 3.8) is 0 Å². The minimum atomic E-state index is -1.15. The van der Waals surface area contributed by atoms with Crippen LogP contribution in [0.25, 0.3) is 0 Å². The molecule has 0 amide bonds. The van der Waals surface area contributed by atoms with E-state index >= 15 is 0 Å². The van der Waals surface area contributed by atoms with Gasteiger partial charge in [0.1, 0.15) is 5.82 Å². The van der Waals surface area contributed by atoms with Crippen molar-refractivity contribution in [2.45, 2.75) is 25.9 Å². The molecule has 2 rings (SSSR count). The van der Waals surface area contributed by atoms with E-state index in [0.717, 1.165) is 19.0 Å². The zero-order chi connectivity index (χ0) is 13.3. The number of hydrogen-bond donors (Lipinski definition) is 1. The van der Waals surface area contributed by atoms with E-state index in [2.05, 4.69) is 0 Å². The molecule has 108 valence electrons. The monoisotopic (exact) mass is 294 g/mol. The summed E-state index contributed by atoms with van der Waals surface area (Å²) in [4.78, 5) is 2.05. The van der Waals surface area contributed by atoms with Gasteiger partial charge in [-0.15, -0.1) is 12.4 Å². The van der Waals surface area contributed by atoms with E-state index in [0.29, 0.717) is 25.1 Å². The van der Waals surface area contributed by atoms with Gasteiger partial charge in [-0.25, -0.2) is 13.2 Å². The summed E-state index contributed by atoms with van der Waals surface area (Å²) >= 11 is 0. The van der Waals surface area contributed by atoms with Gasteiger partial charge < -0.3 is 5.73 Å². The Balaban J connectivity index is 0.00000180. The van der Waals surface area contributed by atoms with Gasteiger partial charge in [0.05, 0.1) is 0 Å². The molecule has 0 radical (unpaired) electrons. The minimum absolute atomic E-state index is 0. The van der Waals surface area contributed by atoms with Gasteiger partial charge in [-0.1, -0.05) is 0 Å².